The molecule has 2 fully saturated rings. The molecule has 0 bridgehead atoms. The van der Waals surface area contributed by atoms with Gasteiger partial charge in [0.2, 0.25) is 0 Å². The van der Waals surface area contributed by atoms with E-state index in [1.807, 2.05) is 0 Å². The Morgan fingerprint density at radius 3 is 2.38 bits per heavy atom. The molecule has 2 heteroatoms. The van der Waals surface area contributed by atoms with Crippen LogP contribution in [0.25, 0.3) is 0 Å². The van der Waals surface area contributed by atoms with E-state index >= 15 is 0 Å². The van der Waals surface area contributed by atoms with Crippen LogP contribution >= 0.6 is 0 Å². The van der Waals surface area contributed by atoms with E-state index in [2.05, 4.69) is 51.8 Å². The monoisotopic (exact) mass is 294 g/mol. The second kappa shape index (κ2) is 7.00. The number of piperazine rings is 1. The van der Waals surface area contributed by atoms with Gasteiger partial charge >= 0.3 is 0 Å². The van der Waals surface area contributed by atoms with Crippen molar-refractivity contribution in [3.63, 3.8) is 0 Å². The highest BCUT2D eigenvalue weighted by molar-refractivity contribution is 4.95. The molecule has 4 atom stereocenters. The maximum absolute atomic E-state index is 3.84. The minimum atomic E-state index is 0.359. The van der Waals surface area contributed by atoms with Crippen LogP contribution in [0.1, 0.15) is 73.6 Å². The van der Waals surface area contributed by atoms with Crippen LogP contribution in [0.15, 0.2) is 0 Å². The zero-order valence-electron chi connectivity index (χ0n) is 15.3. The molecule has 21 heavy (non-hydrogen) atoms. The first-order valence-electron chi connectivity index (χ1n) is 9.28. The van der Waals surface area contributed by atoms with Crippen molar-refractivity contribution < 1.29 is 0 Å². The summed E-state index contributed by atoms with van der Waals surface area (Å²) in [7, 11) is 0. The summed E-state index contributed by atoms with van der Waals surface area (Å²) in [5.41, 5.74) is 0.359. The minimum absolute atomic E-state index is 0.359. The van der Waals surface area contributed by atoms with Gasteiger partial charge in [-0.25, -0.2) is 0 Å². The predicted molar refractivity (Wildman–Crippen MR) is 92.6 cm³/mol. The molecule has 0 radical (unpaired) electrons. The summed E-state index contributed by atoms with van der Waals surface area (Å²) in [6.07, 6.45) is 7.14. The van der Waals surface area contributed by atoms with Crippen LogP contribution in [-0.2, 0) is 0 Å². The second-order valence-electron chi connectivity index (χ2n) is 9.10. The molecular formula is C19H38N2. The lowest BCUT2D eigenvalue weighted by Crippen LogP contribution is -2.63. The lowest BCUT2D eigenvalue weighted by Gasteiger charge is -2.49. The lowest BCUT2D eigenvalue weighted by atomic mass is 9.82. The third-order valence-electron chi connectivity index (χ3n) is 5.90. The van der Waals surface area contributed by atoms with Crippen LogP contribution in [-0.4, -0.2) is 36.1 Å². The predicted octanol–water partition coefficient (Wildman–Crippen LogP) is 4.30. The maximum Gasteiger partial charge on any atom is 0.0247 e. The topological polar surface area (TPSA) is 15.3 Å². The number of rotatable bonds is 2. The molecule has 0 aromatic heterocycles. The number of hydrogen-bond acceptors (Lipinski definition) is 2. The molecule has 4 unspecified atom stereocenters. The van der Waals surface area contributed by atoms with E-state index in [0.29, 0.717) is 11.5 Å². The molecule has 0 aromatic carbocycles. The number of hydrogen-bond donors (Lipinski definition) is 1. The molecule has 124 valence electrons. The van der Waals surface area contributed by atoms with E-state index in [0.717, 1.165) is 23.9 Å². The first-order chi connectivity index (χ1) is 9.79. The SMILES string of the molecule is CC1CCCC(N2CC(C(C)(C)C)NCC2C(C)C)CC1. The molecule has 1 aliphatic heterocycles. The minimum Gasteiger partial charge on any atom is -0.311 e. The second-order valence-corrected chi connectivity index (χ2v) is 9.10. The summed E-state index contributed by atoms with van der Waals surface area (Å²) < 4.78 is 0. The zero-order valence-corrected chi connectivity index (χ0v) is 15.3. The van der Waals surface area contributed by atoms with E-state index in [1.165, 1.54) is 45.2 Å². The van der Waals surface area contributed by atoms with Gasteiger partial charge in [-0.1, -0.05) is 54.4 Å². The van der Waals surface area contributed by atoms with Crippen molar-refractivity contribution in [2.45, 2.75) is 91.8 Å². The Hall–Kier alpha value is -0.0800. The van der Waals surface area contributed by atoms with E-state index in [1.54, 1.807) is 0 Å². The summed E-state index contributed by atoms with van der Waals surface area (Å²) in [5, 5.41) is 3.84. The highest BCUT2D eigenvalue weighted by Crippen LogP contribution is 2.32. The molecule has 1 aliphatic carbocycles. The van der Waals surface area contributed by atoms with Crippen LogP contribution in [0.3, 0.4) is 0 Å². The normalized spacial score (nSPS) is 36.7. The summed E-state index contributed by atoms with van der Waals surface area (Å²) in [6, 6.07) is 2.18. The Balaban J connectivity index is 2.09. The Morgan fingerprint density at radius 1 is 1.05 bits per heavy atom. The molecule has 1 heterocycles. The maximum atomic E-state index is 3.84. The van der Waals surface area contributed by atoms with Crippen molar-refractivity contribution in [3.05, 3.63) is 0 Å². The average molecular weight is 295 g/mol. The van der Waals surface area contributed by atoms with Gasteiger partial charge in [-0.05, 0) is 36.5 Å². The first kappa shape index (κ1) is 17.3. The molecule has 0 aromatic rings. The van der Waals surface area contributed by atoms with Crippen LogP contribution in [0.4, 0.5) is 0 Å². The third kappa shape index (κ3) is 4.45. The molecule has 0 amide bonds. The average Bonchev–Trinajstić information content (AvgIpc) is 2.61. The molecule has 1 saturated heterocycles. The van der Waals surface area contributed by atoms with Crippen molar-refractivity contribution in [2.75, 3.05) is 13.1 Å². The van der Waals surface area contributed by atoms with Gasteiger partial charge in [0, 0.05) is 31.2 Å². The zero-order chi connectivity index (χ0) is 15.6. The van der Waals surface area contributed by atoms with Gasteiger partial charge in [-0.3, -0.25) is 4.90 Å². The van der Waals surface area contributed by atoms with E-state index < -0.39 is 0 Å². The highest BCUT2D eigenvalue weighted by Gasteiger charge is 2.38. The Labute approximate surface area is 133 Å². The van der Waals surface area contributed by atoms with Crippen LogP contribution in [0.5, 0.6) is 0 Å². The molecule has 1 saturated carbocycles. The van der Waals surface area contributed by atoms with Crippen LogP contribution in [0, 0.1) is 17.3 Å². The summed E-state index contributed by atoms with van der Waals surface area (Å²) in [5.74, 6) is 1.69. The largest absolute Gasteiger partial charge is 0.311 e. The number of nitrogens with one attached hydrogen (secondary N) is 1. The summed E-state index contributed by atoms with van der Waals surface area (Å²) in [4.78, 5) is 2.90. The van der Waals surface area contributed by atoms with Gasteiger partial charge in [-0.15, -0.1) is 0 Å². The summed E-state index contributed by atoms with van der Waals surface area (Å²) >= 11 is 0. The van der Waals surface area contributed by atoms with Gasteiger partial charge in [0.25, 0.3) is 0 Å². The van der Waals surface area contributed by atoms with E-state index in [9.17, 15) is 0 Å². The Kier molecular flexibility index (Phi) is 5.76. The van der Waals surface area contributed by atoms with Gasteiger partial charge in [0.05, 0.1) is 0 Å². The Bertz CT molecular complexity index is 318. The highest BCUT2D eigenvalue weighted by atomic mass is 15.3. The van der Waals surface area contributed by atoms with Crippen LogP contribution in [0.2, 0.25) is 0 Å². The standard InChI is InChI=1S/C19H38N2/c1-14(2)17-12-20-18(19(4,5)6)13-21(17)16-9-7-8-15(3)10-11-16/h14-18,20H,7-13H2,1-6H3. The number of nitrogens with zero attached hydrogens (tertiary/aromatic N) is 1. The van der Waals surface area contributed by atoms with E-state index in [-0.39, 0.29) is 0 Å². The van der Waals surface area contributed by atoms with Gasteiger partial charge in [0.15, 0.2) is 0 Å². The molecule has 1 N–H and O–H groups in total. The van der Waals surface area contributed by atoms with Crippen molar-refractivity contribution >= 4 is 0 Å². The molecule has 0 spiro atoms. The molecular weight excluding hydrogens is 256 g/mol. The van der Waals surface area contributed by atoms with Crippen molar-refractivity contribution in [3.8, 4) is 0 Å². The van der Waals surface area contributed by atoms with Crippen molar-refractivity contribution in [1.29, 1.82) is 0 Å². The van der Waals surface area contributed by atoms with E-state index in [4.69, 9.17) is 0 Å². The van der Waals surface area contributed by atoms with Crippen molar-refractivity contribution in [2.24, 2.45) is 17.3 Å². The smallest absolute Gasteiger partial charge is 0.0247 e. The van der Waals surface area contributed by atoms with Gasteiger partial charge < -0.3 is 5.32 Å². The lowest BCUT2D eigenvalue weighted by molar-refractivity contribution is 0.0235. The molecule has 2 aliphatic rings. The molecule has 2 nitrogen and oxygen atoms in total. The van der Waals surface area contributed by atoms with Gasteiger partial charge in [0.1, 0.15) is 0 Å². The molecule has 2 rings (SSSR count). The quantitative estimate of drug-likeness (QED) is 0.764. The first-order valence-corrected chi connectivity index (χ1v) is 9.28. The van der Waals surface area contributed by atoms with Crippen molar-refractivity contribution in [1.82, 2.24) is 10.2 Å². The fourth-order valence-electron chi connectivity index (χ4n) is 4.21. The summed E-state index contributed by atoms with van der Waals surface area (Å²) in [6.45, 7) is 16.8. The van der Waals surface area contributed by atoms with Gasteiger partial charge in [-0.2, -0.15) is 0 Å². The van der Waals surface area contributed by atoms with Crippen LogP contribution < -0.4 is 5.32 Å². The fourth-order valence-corrected chi connectivity index (χ4v) is 4.21. The fraction of sp³-hybridized carbons (Fsp3) is 1.00. The third-order valence-corrected chi connectivity index (χ3v) is 5.90. The Morgan fingerprint density at radius 2 is 1.76 bits per heavy atom.